The summed E-state index contributed by atoms with van der Waals surface area (Å²) >= 11 is 0. The van der Waals surface area contributed by atoms with Crippen LogP contribution in [-0.2, 0) is 0 Å². The largest absolute Gasteiger partial charge is 0.0805 e. The third-order valence-electron chi connectivity index (χ3n) is 4.46. The Labute approximate surface area is 134 Å². The molecular weight excluding hydrogens is 264 g/mol. The zero-order valence-electron chi connectivity index (χ0n) is 13.6. The predicted octanol–water partition coefficient (Wildman–Crippen LogP) is 6.30. The lowest BCUT2D eigenvalue weighted by Gasteiger charge is -2.07. The first-order valence-electron chi connectivity index (χ1n) is 8.17. The lowest BCUT2D eigenvalue weighted by molar-refractivity contribution is 1.08. The van der Waals surface area contributed by atoms with Gasteiger partial charge in [0.15, 0.2) is 0 Å². The molecule has 0 radical (unpaired) electrons. The van der Waals surface area contributed by atoms with Crippen molar-refractivity contribution in [1.29, 1.82) is 0 Å². The van der Waals surface area contributed by atoms with E-state index in [2.05, 4.69) is 74.6 Å². The van der Waals surface area contributed by atoms with Crippen molar-refractivity contribution < 1.29 is 0 Å². The van der Waals surface area contributed by atoms with Gasteiger partial charge in [0.25, 0.3) is 0 Å². The average molecular weight is 288 g/mol. The van der Waals surface area contributed by atoms with E-state index in [0.717, 1.165) is 19.3 Å². The van der Waals surface area contributed by atoms with Gasteiger partial charge in [-0.1, -0.05) is 71.9 Å². The third kappa shape index (κ3) is 3.57. The molecule has 0 unspecified atom stereocenters. The quantitative estimate of drug-likeness (QED) is 0.559. The molecule has 0 aromatic carbocycles. The topological polar surface area (TPSA) is 0 Å². The summed E-state index contributed by atoms with van der Waals surface area (Å²) in [5.74, 6) is 0. The molecule has 4 aliphatic rings. The van der Waals surface area contributed by atoms with Gasteiger partial charge in [-0.2, -0.15) is 0 Å². The van der Waals surface area contributed by atoms with E-state index >= 15 is 0 Å². The van der Waals surface area contributed by atoms with Gasteiger partial charge in [0.1, 0.15) is 0 Å². The zero-order valence-corrected chi connectivity index (χ0v) is 13.6. The van der Waals surface area contributed by atoms with Crippen LogP contribution in [0.25, 0.3) is 0 Å². The van der Waals surface area contributed by atoms with E-state index in [-0.39, 0.29) is 0 Å². The van der Waals surface area contributed by atoms with Crippen LogP contribution in [0.1, 0.15) is 39.5 Å². The van der Waals surface area contributed by atoms with E-state index in [1.807, 2.05) is 0 Å². The summed E-state index contributed by atoms with van der Waals surface area (Å²) in [5, 5.41) is 0. The summed E-state index contributed by atoms with van der Waals surface area (Å²) < 4.78 is 0. The maximum absolute atomic E-state index is 2.30. The van der Waals surface area contributed by atoms with Crippen molar-refractivity contribution in [2.24, 2.45) is 0 Å². The van der Waals surface area contributed by atoms with Gasteiger partial charge in [0.05, 0.1) is 0 Å². The van der Waals surface area contributed by atoms with Crippen molar-refractivity contribution in [1.82, 2.24) is 0 Å². The maximum Gasteiger partial charge on any atom is -0.00201 e. The second-order valence-electron chi connectivity index (χ2n) is 6.41. The molecule has 0 heteroatoms. The smallest absolute Gasteiger partial charge is 0.00201 e. The Morgan fingerprint density at radius 2 is 1.18 bits per heavy atom. The molecule has 0 atom stereocenters. The molecule has 0 aromatic rings. The first-order chi connectivity index (χ1) is 10.7. The Hall–Kier alpha value is -2.08. The molecule has 0 heterocycles. The first-order valence-corrected chi connectivity index (χ1v) is 8.17. The van der Waals surface area contributed by atoms with Crippen LogP contribution in [0.15, 0.2) is 94.2 Å². The highest BCUT2D eigenvalue weighted by molar-refractivity contribution is 5.54. The highest BCUT2D eigenvalue weighted by Crippen LogP contribution is 2.36. The van der Waals surface area contributed by atoms with E-state index < -0.39 is 0 Å². The van der Waals surface area contributed by atoms with Crippen LogP contribution in [-0.4, -0.2) is 0 Å². The van der Waals surface area contributed by atoms with Gasteiger partial charge in [-0.05, 0) is 61.8 Å². The van der Waals surface area contributed by atoms with Gasteiger partial charge in [0.2, 0.25) is 0 Å². The Balaban J connectivity index is 0.000000202. The zero-order chi connectivity index (χ0) is 15.4. The fourth-order valence-corrected chi connectivity index (χ4v) is 3.09. The van der Waals surface area contributed by atoms with Gasteiger partial charge in [-0.3, -0.25) is 0 Å². The standard InChI is InChI=1S/C16H16.C6H8/c1-12-6-7-14(10-12)16-9-8-15(11-16)13-4-2-3-5-13;1-6-4-2-3-5-6/h2-4,6-9H,5,10-11H2,1H3;2-4H,5H2,1H3. The van der Waals surface area contributed by atoms with Crippen molar-refractivity contribution >= 4 is 0 Å². The monoisotopic (exact) mass is 288 g/mol. The molecule has 0 aliphatic heterocycles. The minimum atomic E-state index is 1.11. The minimum Gasteiger partial charge on any atom is -0.0805 e. The molecule has 0 aromatic heterocycles. The fourth-order valence-electron chi connectivity index (χ4n) is 3.09. The Bertz CT molecular complexity index is 694. The highest BCUT2D eigenvalue weighted by Gasteiger charge is 2.17. The van der Waals surface area contributed by atoms with E-state index in [1.165, 1.54) is 39.9 Å². The van der Waals surface area contributed by atoms with Crippen LogP contribution in [0.2, 0.25) is 0 Å². The molecule has 0 N–H and O–H groups in total. The number of rotatable bonds is 2. The second-order valence-corrected chi connectivity index (χ2v) is 6.41. The van der Waals surface area contributed by atoms with Crippen molar-refractivity contribution in [2.75, 3.05) is 0 Å². The normalized spacial score (nSPS) is 21.7. The van der Waals surface area contributed by atoms with E-state index in [9.17, 15) is 0 Å². The summed E-state index contributed by atoms with van der Waals surface area (Å²) in [4.78, 5) is 0. The molecule has 4 aliphatic carbocycles. The molecule has 112 valence electrons. The minimum absolute atomic E-state index is 1.11. The molecule has 0 spiro atoms. The van der Waals surface area contributed by atoms with E-state index in [0.29, 0.717) is 0 Å². The summed E-state index contributed by atoms with van der Waals surface area (Å²) in [6, 6.07) is 0. The van der Waals surface area contributed by atoms with E-state index in [4.69, 9.17) is 0 Å². The SMILES string of the molecule is CC1=CC=C(C2=CC=C(C3=CC=CC3)C2)C1.CC1=CC=CC1. The van der Waals surface area contributed by atoms with Crippen LogP contribution in [0.5, 0.6) is 0 Å². The molecule has 4 rings (SSSR count). The summed E-state index contributed by atoms with van der Waals surface area (Å²) in [6.07, 6.45) is 26.7. The molecule has 0 fully saturated rings. The molecule has 0 bridgehead atoms. The number of allylic oxidation sites excluding steroid dienone is 16. The molecule has 0 nitrogen and oxygen atoms in total. The average Bonchev–Trinajstić information content (AvgIpc) is 3.27. The predicted molar refractivity (Wildman–Crippen MR) is 96.6 cm³/mol. The maximum atomic E-state index is 2.30. The molecule has 22 heavy (non-hydrogen) atoms. The van der Waals surface area contributed by atoms with E-state index in [1.54, 1.807) is 0 Å². The Kier molecular flexibility index (Phi) is 4.58. The molecule has 0 saturated carbocycles. The van der Waals surface area contributed by atoms with Crippen LogP contribution in [0, 0.1) is 0 Å². The van der Waals surface area contributed by atoms with Crippen molar-refractivity contribution in [2.45, 2.75) is 39.5 Å². The van der Waals surface area contributed by atoms with Gasteiger partial charge in [-0.15, -0.1) is 0 Å². The van der Waals surface area contributed by atoms with Crippen LogP contribution in [0.4, 0.5) is 0 Å². The van der Waals surface area contributed by atoms with Gasteiger partial charge in [0, 0.05) is 0 Å². The lowest BCUT2D eigenvalue weighted by Crippen LogP contribution is -1.89. The second kappa shape index (κ2) is 6.79. The van der Waals surface area contributed by atoms with Crippen LogP contribution < -0.4 is 0 Å². The summed E-state index contributed by atoms with van der Waals surface area (Å²) in [6.45, 7) is 4.34. The Morgan fingerprint density at radius 3 is 1.68 bits per heavy atom. The van der Waals surface area contributed by atoms with Crippen LogP contribution >= 0.6 is 0 Å². The number of hydrogen-bond acceptors (Lipinski definition) is 0. The van der Waals surface area contributed by atoms with Crippen LogP contribution in [0.3, 0.4) is 0 Å². The Morgan fingerprint density at radius 1 is 0.545 bits per heavy atom. The van der Waals surface area contributed by atoms with Gasteiger partial charge in [-0.25, -0.2) is 0 Å². The lowest BCUT2D eigenvalue weighted by atomic mass is 9.97. The summed E-state index contributed by atoms with van der Waals surface area (Å²) in [5.41, 5.74) is 8.97. The summed E-state index contributed by atoms with van der Waals surface area (Å²) in [7, 11) is 0. The molecular formula is C22H24. The molecule has 0 saturated heterocycles. The fraction of sp³-hybridized carbons (Fsp3) is 0.273. The van der Waals surface area contributed by atoms with Crippen molar-refractivity contribution in [3.8, 4) is 0 Å². The number of hydrogen-bond donors (Lipinski definition) is 0. The molecule has 0 amide bonds. The van der Waals surface area contributed by atoms with Crippen molar-refractivity contribution in [3.05, 3.63) is 94.2 Å². The van der Waals surface area contributed by atoms with Crippen molar-refractivity contribution in [3.63, 3.8) is 0 Å². The highest BCUT2D eigenvalue weighted by atomic mass is 14.2. The van der Waals surface area contributed by atoms with Gasteiger partial charge < -0.3 is 0 Å². The van der Waals surface area contributed by atoms with Gasteiger partial charge >= 0.3 is 0 Å². The third-order valence-corrected chi connectivity index (χ3v) is 4.46. The first kappa shape index (κ1) is 14.8.